The van der Waals surface area contributed by atoms with E-state index in [4.69, 9.17) is 29.4 Å². The van der Waals surface area contributed by atoms with Crippen LogP contribution in [0.2, 0.25) is 0 Å². The van der Waals surface area contributed by atoms with Crippen LogP contribution in [-0.2, 0) is 35.3 Å². The minimum atomic E-state index is -4.60. The van der Waals surface area contributed by atoms with Gasteiger partial charge in [-0.1, -0.05) is 12.1 Å². The number of halogens is 4. The molecule has 1 unspecified atom stereocenters. The minimum absolute atomic E-state index is 0.0914. The number of aromatic nitrogens is 1. The summed E-state index contributed by atoms with van der Waals surface area (Å²) in [4.78, 5) is 23.0. The summed E-state index contributed by atoms with van der Waals surface area (Å²) in [5.74, 6) is -0.402. The molecule has 0 spiro atoms. The molecule has 0 saturated carbocycles. The molecule has 0 radical (unpaired) electrons. The molecule has 2 aliphatic rings. The fourth-order valence-corrected chi connectivity index (χ4v) is 7.21. The average Bonchev–Trinajstić information content (AvgIpc) is 3.66. The van der Waals surface area contributed by atoms with Crippen molar-refractivity contribution in [2.24, 2.45) is 5.73 Å². The highest BCUT2D eigenvalue weighted by atomic mass is 19.4. The first-order valence-electron chi connectivity index (χ1n) is 19.4. The third-order valence-corrected chi connectivity index (χ3v) is 10.2. The largest absolute Gasteiger partial charge is 0.493 e. The van der Waals surface area contributed by atoms with Gasteiger partial charge < -0.3 is 39.6 Å². The van der Waals surface area contributed by atoms with Crippen LogP contribution in [0, 0.1) is 17.1 Å². The third kappa shape index (κ3) is 11.8. The molecule has 5 rings (SSSR count). The van der Waals surface area contributed by atoms with Gasteiger partial charge in [-0.05, 0) is 68.1 Å². The summed E-state index contributed by atoms with van der Waals surface area (Å²) >= 11 is 0. The van der Waals surface area contributed by atoms with E-state index in [1.165, 1.54) is 18.3 Å². The Balaban J connectivity index is 1.21. The normalized spacial score (nSPS) is 17.1. The summed E-state index contributed by atoms with van der Waals surface area (Å²) in [6.45, 7) is 9.00. The first-order valence-corrected chi connectivity index (χ1v) is 19.4. The third-order valence-electron chi connectivity index (χ3n) is 10.2. The lowest BCUT2D eigenvalue weighted by molar-refractivity contribution is -0.137. The summed E-state index contributed by atoms with van der Waals surface area (Å²) in [5, 5.41) is 13.0. The lowest BCUT2D eigenvalue weighted by atomic mass is 9.72. The molecular weight excluding hydrogens is 748 g/mol. The van der Waals surface area contributed by atoms with E-state index in [9.17, 15) is 23.2 Å². The van der Waals surface area contributed by atoms with Gasteiger partial charge in [-0.2, -0.15) is 18.4 Å². The lowest BCUT2D eigenvalue weighted by Gasteiger charge is -2.42. The number of carbonyl (C=O) groups is 1. The van der Waals surface area contributed by atoms with Gasteiger partial charge in [0.05, 0.1) is 81.7 Å². The number of hydrogen-bond donors (Lipinski definition) is 2. The van der Waals surface area contributed by atoms with Gasteiger partial charge >= 0.3 is 6.18 Å². The van der Waals surface area contributed by atoms with Crippen LogP contribution in [-0.4, -0.2) is 121 Å². The Morgan fingerprint density at radius 1 is 0.965 bits per heavy atom. The van der Waals surface area contributed by atoms with Gasteiger partial charge in [0, 0.05) is 57.1 Å². The molecule has 3 aromatic rings. The first kappa shape index (κ1) is 43.7. The number of carbonyl (C=O) groups excluding carboxylic acids is 1. The van der Waals surface area contributed by atoms with Crippen molar-refractivity contribution in [2.45, 2.75) is 43.8 Å². The SMILES string of the molecule is CCOc1ccccc1-c1ncc(C2(C(=O)NC3CCN(CCOCCOCCOCCOCCN)C3)CCN(c3ccc(C(F)(F)F)cc3C#N)CC2)cc1F. The molecule has 1 aromatic heterocycles. The highest BCUT2D eigenvalue weighted by Gasteiger charge is 2.45. The Kier molecular flexibility index (Phi) is 16.4. The number of piperidine rings is 1. The molecule has 2 aliphatic heterocycles. The minimum Gasteiger partial charge on any atom is -0.493 e. The van der Waals surface area contributed by atoms with Crippen molar-refractivity contribution in [3.05, 3.63) is 77.2 Å². The molecule has 2 fully saturated rings. The van der Waals surface area contributed by atoms with Crippen LogP contribution < -0.4 is 20.7 Å². The maximum absolute atomic E-state index is 16.1. The number of nitriles is 1. The van der Waals surface area contributed by atoms with Gasteiger partial charge in [0.25, 0.3) is 0 Å². The number of nitrogens with zero attached hydrogens (tertiary/aromatic N) is 4. The maximum Gasteiger partial charge on any atom is 0.416 e. The second-order valence-corrected chi connectivity index (χ2v) is 13.9. The van der Waals surface area contributed by atoms with Crippen molar-refractivity contribution >= 4 is 11.6 Å². The van der Waals surface area contributed by atoms with E-state index in [1.54, 1.807) is 29.2 Å². The van der Waals surface area contributed by atoms with Crippen LogP contribution in [0.1, 0.15) is 42.9 Å². The van der Waals surface area contributed by atoms with Crippen molar-refractivity contribution in [3.8, 4) is 23.1 Å². The molecule has 16 heteroatoms. The molecule has 3 N–H and O–H groups in total. The zero-order valence-corrected chi connectivity index (χ0v) is 32.3. The Hall–Kier alpha value is -4.37. The van der Waals surface area contributed by atoms with E-state index in [-0.39, 0.29) is 49.1 Å². The summed E-state index contributed by atoms with van der Waals surface area (Å²) < 4.78 is 84.0. The molecule has 1 amide bonds. The van der Waals surface area contributed by atoms with E-state index >= 15 is 4.39 Å². The molecule has 0 bridgehead atoms. The standard InChI is InChI=1S/C41H52F4N6O6/c1-2-57-37-6-4-3-5-34(37)38-35(42)26-32(28-48-38)40(10-14-51(15-11-40)36-8-7-31(41(43,44)45)25-30(36)27-47)39(52)49-33-9-13-50(29-33)16-18-54-20-22-56-24-23-55-21-19-53-17-12-46/h3-8,25-26,28,33H,2,9-24,29,46H2,1H3,(H,49,52). The van der Waals surface area contributed by atoms with Crippen molar-refractivity contribution in [1.29, 1.82) is 5.26 Å². The van der Waals surface area contributed by atoms with Crippen molar-refractivity contribution in [1.82, 2.24) is 15.2 Å². The second kappa shape index (κ2) is 21.4. The zero-order chi connectivity index (χ0) is 40.7. The molecule has 57 heavy (non-hydrogen) atoms. The number of pyridine rings is 1. The van der Waals surface area contributed by atoms with Crippen molar-refractivity contribution in [3.63, 3.8) is 0 Å². The molecule has 0 aliphatic carbocycles. The molecule has 1 atom stereocenters. The monoisotopic (exact) mass is 800 g/mol. The topological polar surface area (TPSA) is 144 Å². The number of hydrogen-bond acceptors (Lipinski definition) is 11. The zero-order valence-electron chi connectivity index (χ0n) is 32.3. The van der Waals surface area contributed by atoms with Crippen LogP contribution in [0.15, 0.2) is 54.7 Å². The Morgan fingerprint density at radius 2 is 1.63 bits per heavy atom. The number of ether oxygens (including phenoxy) is 5. The average molecular weight is 801 g/mol. The number of alkyl halides is 3. The summed E-state index contributed by atoms with van der Waals surface area (Å²) in [6, 6.07) is 13.2. The maximum atomic E-state index is 16.1. The van der Waals surface area contributed by atoms with E-state index in [0.717, 1.165) is 18.7 Å². The summed E-state index contributed by atoms with van der Waals surface area (Å²) in [6.07, 6.45) is -1.93. The fraction of sp³-hybridized carbons (Fsp3) is 0.537. The number of anilines is 1. The molecule has 2 aromatic carbocycles. The predicted octanol–water partition coefficient (Wildman–Crippen LogP) is 4.93. The molecular formula is C41H52F4N6O6. The smallest absolute Gasteiger partial charge is 0.416 e. The van der Waals surface area contributed by atoms with E-state index in [1.807, 2.05) is 13.0 Å². The van der Waals surface area contributed by atoms with Crippen LogP contribution in [0.5, 0.6) is 5.75 Å². The highest BCUT2D eigenvalue weighted by molar-refractivity contribution is 5.89. The Morgan fingerprint density at radius 3 is 2.26 bits per heavy atom. The Bertz CT molecular complexity index is 1790. The molecule has 2 saturated heterocycles. The van der Waals surface area contributed by atoms with Gasteiger partial charge in [0.1, 0.15) is 23.3 Å². The molecule has 3 heterocycles. The van der Waals surface area contributed by atoms with Crippen LogP contribution in [0.25, 0.3) is 11.3 Å². The quantitative estimate of drug-likeness (QED) is 0.112. The first-order chi connectivity index (χ1) is 27.6. The van der Waals surface area contributed by atoms with Crippen LogP contribution in [0.4, 0.5) is 23.2 Å². The van der Waals surface area contributed by atoms with Gasteiger partial charge in [-0.25, -0.2) is 4.39 Å². The second-order valence-electron chi connectivity index (χ2n) is 13.9. The fourth-order valence-electron chi connectivity index (χ4n) is 7.21. The number of rotatable bonds is 21. The molecule has 12 nitrogen and oxygen atoms in total. The Labute approximate surface area is 331 Å². The van der Waals surface area contributed by atoms with Gasteiger partial charge in [0.2, 0.25) is 5.91 Å². The number of para-hydroxylation sites is 1. The lowest BCUT2D eigenvalue weighted by Crippen LogP contribution is -2.54. The van der Waals surface area contributed by atoms with Gasteiger partial charge in [0.15, 0.2) is 0 Å². The summed E-state index contributed by atoms with van der Waals surface area (Å²) in [5.41, 5.74) is 4.48. The molecule has 310 valence electrons. The van der Waals surface area contributed by atoms with Crippen molar-refractivity contribution in [2.75, 3.05) is 104 Å². The number of nitrogens with two attached hydrogens (primary N) is 1. The highest BCUT2D eigenvalue weighted by Crippen LogP contribution is 2.41. The number of amides is 1. The van der Waals surface area contributed by atoms with Gasteiger partial charge in [-0.15, -0.1) is 0 Å². The summed E-state index contributed by atoms with van der Waals surface area (Å²) in [7, 11) is 0. The number of likely N-dealkylation sites (tertiary alicyclic amines) is 1. The van der Waals surface area contributed by atoms with Crippen LogP contribution in [0.3, 0.4) is 0 Å². The van der Waals surface area contributed by atoms with E-state index in [0.29, 0.717) is 108 Å². The number of nitrogens with one attached hydrogen (secondary N) is 1. The van der Waals surface area contributed by atoms with E-state index < -0.39 is 23.0 Å². The van der Waals surface area contributed by atoms with Crippen LogP contribution >= 0.6 is 0 Å². The predicted molar refractivity (Wildman–Crippen MR) is 205 cm³/mol. The van der Waals surface area contributed by atoms with Gasteiger partial charge in [-0.3, -0.25) is 14.7 Å². The van der Waals surface area contributed by atoms with E-state index in [2.05, 4.69) is 15.2 Å². The number of benzene rings is 2. The van der Waals surface area contributed by atoms with Crippen molar-refractivity contribution < 1.29 is 46.0 Å².